The lowest BCUT2D eigenvalue weighted by atomic mass is 10.0. The Hall–Kier alpha value is -1.77. The zero-order valence-electron chi connectivity index (χ0n) is 9.16. The van der Waals surface area contributed by atoms with Crippen molar-refractivity contribution in [2.75, 3.05) is 14.2 Å². The topological polar surface area (TPSA) is 35.5 Å². The van der Waals surface area contributed by atoms with Gasteiger partial charge in [-0.2, -0.15) is 0 Å². The van der Waals surface area contributed by atoms with Crippen LogP contribution in [0.5, 0.6) is 11.5 Å². The normalized spacial score (nSPS) is 9.53. The highest BCUT2D eigenvalue weighted by Gasteiger charge is 2.17. The molecular weight excluding hydrogens is 192 g/mol. The van der Waals surface area contributed by atoms with Crippen LogP contribution >= 0.6 is 0 Å². The lowest BCUT2D eigenvalue weighted by Gasteiger charge is -2.11. The van der Waals surface area contributed by atoms with Gasteiger partial charge in [0.1, 0.15) is 17.1 Å². The van der Waals surface area contributed by atoms with Crippen LogP contribution in [0, 0.1) is 0 Å². The van der Waals surface area contributed by atoms with Crippen molar-refractivity contribution in [3.63, 3.8) is 0 Å². The Morgan fingerprint density at radius 2 is 1.67 bits per heavy atom. The smallest absolute Gasteiger partial charge is 0.195 e. The third-order valence-corrected chi connectivity index (χ3v) is 2.04. The second-order valence-corrected chi connectivity index (χ2v) is 3.15. The van der Waals surface area contributed by atoms with E-state index in [4.69, 9.17) is 9.47 Å². The zero-order valence-corrected chi connectivity index (χ0v) is 9.16. The van der Waals surface area contributed by atoms with E-state index in [0.29, 0.717) is 22.6 Å². The first kappa shape index (κ1) is 11.3. The Balaban J connectivity index is 3.34. The van der Waals surface area contributed by atoms with E-state index in [1.807, 2.05) is 0 Å². The molecule has 0 spiro atoms. The van der Waals surface area contributed by atoms with Crippen molar-refractivity contribution in [3.8, 4) is 11.5 Å². The van der Waals surface area contributed by atoms with Gasteiger partial charge in [0.25, 0.3) is 0 Å². The van der Waals surface area contributed by atoms with Crippen LogP contribution in [0.1, 0.15) is 17.3 Å². The number of rotatable bonds is 4. The van der Waals surface area contributed by atoms with Gasteiger partial charge in [0.05, 0.1) is 14.2 Å². The van der Waals surface area contributed by atoms with E-state index in [1.165, 1.54) is 14.2 Å². The van der Waals surface area contributed by atoms with Gasteiger partial charge in [0.15, 0.2) is 5.78 Å². The molecule has 0 heterocycles. The molecule has 1 rings (SSSR count). The molecule has 0 radical (unpaired) electrons. The molecule has 0 N–H and O–H groups in total. The number of hydrogen-bond donors (Lipinski definition) is 0. The monoisotopic (exact) mass is 206 g/mol. The molecule has 0 aliphatic rings. The largest absolute Gasteiger partial charge is 0.496 e. The summed E-state index contributed by atoms with van der Waals surface area (Å²) < 4.78 is 10.2. The predicted molar refractivity (Wildman–Crippen MR) is 58.7 cm³/mol. The zero-order chi connectivity index (χ0) is 11.4. The van der Waals surface area contributed by atoms with Crippen LogP contribution in [0.3, 0.4) is 0 Å². The Morgan fingerprint density at radius 1 is 1.20 bits per heavy atom. The van der Waals surface area contributed by atoms with Crippen molar-refractivity contribution in [3.05, 3.63) is 35.9 Å². The first-order valence-electron chi connectivity index (χ1n) is 4.53. The molecule has 0 saturated carbocycles. The van der Waals surface area contributed by atoms with Gasteiger partial charge in [-0.1, -0.05) is 12.6 Å². The fourth-order valence-electron chi connectivity index (χ4n) is 1.29. The molecule has 0 aromatic heterocycles. The average Bonchev–Trinajstić information content (AvgIpc) is 2.26. The molecule has 1 aromatic carbocycles. The van der Waals surface area contributed by atoms with Gasteiger partial charge in [0, 0.05) is 0 Å². The molecule has 0 bridgehead atoms. The summed E-state index contributed by atoms with van der Waals surface area (Å²) in [4.78, 5) is 11.8. The molecule has 1 aromatic rings. The molecule has 0 fully saturated rings. The van der Waals surface area contributed by atoms with Crippen molar-refractivity contribution in [2.24, 2.45) is 0 Å². The lowest BCUT2D eigenvalue weighted by Crippen LogP contribution is -2.05. The number of carbonyl (C=O) groups is 1. The van der Waals surface area contributed by atoms with E-state index >= 15 is 0 Å². The van der Waals surface area contributed by atoms with E-state index < -0.39 is 0 Å². The SMILES string of the molecule is C=C(C)C(=O)c1c(OC)cccc1OC. The molecule has 0 unspecified atom stereocenters. The highest BCUT2D eigenvalue weighted by atomic mass is 16.5. The molecule has 0 atom stereocenters. The van der Waals surface area contributed by atoms with E-state index in [2.05, 4.69) is 6.58 Å². The van der Waals surface area contributed by atoms with E-state index in [1.54, 1.807) is 25.1 Å². The maximum atomic E-state index is 11.8. The van der Waals surface area contributed by atoms with Crippen LogP contribution < -0.4 is 9.47 Å². The summed E-state index contributed by atoms with van der Waals surface area (Å²) >= 11 is 0. The molecule has 3 nitrogen and oxygen atoms in total. The van der Waals surface area contributed by atoms with Gasteiger partial charge in [0.2, 0.25) is 0 Å². The summed E-state index contributed by atoms with van der Waals surface area (Å²) in [5.41, 5.74) is 0.882. The van der Waals surface area contributed by atoms with Crippen LogP contribution in [-0.2, 0) is 0 Å². The fraction of sp³-hybridized carbons (Fsp3) is 0.250. The van der Waals surface area contributed by atoms with Crippen molar-refractivity contribution in [1.82, 2.24) is 0 Å². The minimum Gasteiger partial charge on any atom is -0.496 e. The van der Waals surface area contributed by atoms with Gasteiger partial charge in [-0.25, -0.2) is 0 Å². The summed E-state index contributed by atoms with van der Waals surface area (Å²) in [6.07, 6.45) is 0. The molecular formula is C12H14O3. The van der Waals surface area contributed by atoms with Gasteiger partial charge in [-0.05, 0) is 24.6 Å². The summed E-state index contributed by atoms with van der Waals surface area (Å²) in [6, 6.07) is 5.21. The van der Waals surface area contributed by atoms with Crippen LogP contribution in [0.15, 0.2) is 30.4 Å². The number of allylic oxidation sites excluding steroid dienone is 1. The molecule has 3 heteroatoms. The van der Waals surface area contributed by atoms with Crippen molar-refractivity contribution < 1.29 is 14.3 Å². The van der Waals surface area contributed by atoms with Crippen LogP contribution in [0.2, 0.25) is 0 Å². The number of hydrogen-bond acceptors (Lipinski definition) is 3. The van der Waals surface area contributed by atoms with Crippen molar-refractivity contribution in [2.45, 2.75) is 6.92 Å². The summed E-state index contributed by atoms with van der Waals surface area (Å²) in [5.74, 6) is 0.842. The van der Waals surface area contributed by atoms with E-state index in [9.17, 15) is 4.79 Å². The molecule has 0 aliphatic carbocycles. The van der Waals surface area contributed by atoms with Gasteiger partial charge < -0.3 is 9.47 Å². The fourth-order valence-corrected chi connectivity index (χ4v) is 1.29. The van der Waals surface area contributed by atoms with Crippen molar-refractivity contribution in [1.29, 1.82) is 0 Å². The minimum atomic E-state index is -0.163. The minimum absolute atomic E-state index is 0.163. The van der Waals surface area contributed by atoms with Gasteiger partial charge in [-0.15, -0.1) is 0 Å². The van der Waals surface area contributed by atoms with Crippen LogP contribution in [-0.4, -0.2) is 20.0 Å². The Morgan fingerprint density at radius 3 is 2.00 bits per heavy atom. The summed E-state index contributed by atoms with van der Waals surface area (Å²) in [7, 11) is 3.04. The van der Waals surface area contributed by atoms with Crippen molar-refractivity contribution >= 4 is 5.78 Å². The summed E-state index contributed by atoms with van der Waals surface area (Å²) in [5, 5.41) is 0. The maximum Gasteiger partial charge on any atom is 0.195 e. The van der Waals surface area contributed by atoms with E-state index in [-0.39, 0.29) is 5.78 Å². The van der Waals surface area contributed by atoms with Crippen LogP contribution in [0.25, 0.3) is 0 Å². The van der Waals surface area contributed by atoms with E-state index in [0.717, 1.165) is 0 Å². The second-order valence-electron chi connectivity index (χ2n) is 3.15. The Bertz CT molecular complexity index is 372. The molecule has 15 heavy (non-hydrogen) atoms. The molecule has 0 aliphatic heterocycles. The number of benzene rings is 1. The maximum absolute atomic E-state index is 11.8. The van der Waals surface area contributed by atoms with Crippen LogP contribution in [0.4, 0.5) is 0 Å². The molecule has 0 amide bonds. The van der Waals surface area contributed by atoms with Gasteiger partial charge >= 0.3 is 0 Å². The first-order valence-corrected chi connectivity index (χ1v) is 4.53. The molecule has 0 saturated heterocycles. The Kier molecular flexibility index (Phi) is 3.50. The number of methoxy groups -OCH3 is 2. The predicted octanol–water partition coefficient (Wildman–Crippen LogP) is 2.46. The number of ketones is 1. The first-order chi connectivity index (χ1) is 7.11. The highest BCUT2D eigenvalue weighted by molar-refractivity contribution is 6.11. The second kappa shape index (κ2) is 4.64. The average molecular weight is 206 g/mol. The van der Waals surface area contributed by atoms with Gasteiger partial charge in [-0.3, -0.25) is 4.79 Å². The lowest BCUT2D eigenvalue weighted by molar-refractivity contribution is 0.102. The highest BCUT2D eigenvalue weighted by Crippen LogP contribution is 2.29. The quantitative estimate of drug-likeness (QED) is 0.560. The Labute approximate surface area is 89.3 Å². The standard InChI is InChI=1S/C12H14O3/c1-8(2)12(13)11-9(14-3)6-5-7-10(11)15-4/h5-7H,1H2,2-4H3. The summed E-state index contributed by atoms with van der Waals surface area (Å²) in [6.45, 7) is 5.28. The third-order valence-electron chi connectivity index (χ3n) is 2.04. The number of carbonyl (C=O) groups excluding carboxylic acids is 1. The number of Topliss-reactive ketones (excluding diaryl/α,β-unsaturated/α-hetero) is 1. The third kappa shape index (κ3) is 2.18. The molecule has 80 valence electrons. The number of ether oxygens (including phenoxy) is 2.